The highest BCUT2D eigenvalue weighted by Crippen LogP contribution is 2.72. The third-order valence-corrected chi connectivity index (χ3v) is 10.5. The summed E-state index contributed by atoms with van der Waals surface area (Å²) in [6, 6.07) is 9.78. The summed E-state index contributed by atoms with van der Waals surface area (Å²) in [4.78, 5) is 25.5. The Morgan fingerprint density at radius 2 is 1.76 bits per heavy atom. The van der Waals surface area contributed by atoms with Gasteiger partial charge in [-0.25, -0.2) is 4.79 Å². The van der Waals surface area contributed by atoms with E-state index in [2.05, 4.69) is 13.8 Å². The van der Waals surface area contributed by atoms with Gasteiger partial charge >= 0.3 is 11.9 Å². The van der Waals surface area contributed by atoms with E-state index in [1.807, 2.05) is 37.3 Å². The van der Waals surface area contributed by atoms with Crippen molar-refractivity contribution in [2.24, 2.45) is 39.9 Å². The maximum atomic E-state index is 12.9. The van der Waals surface area contributed by atoms with Crippen molar-refractivity contribution in [3.63, 3.8) is 0 Å². The Labute approximate surface area is 197 Å². The predicted octanol–water partition coefficient (Wildman–Crippen LogP) is 6.36. The van der Waals surface area contributed by atoms with Crippen molar-refractivity contribution in [3.05, 3.63) is 42.0 Å². The van der Waals surface area contributed by atoms with Crippen molar-refractivity contribution in [1.29, 1.82) is 0 Å². The molecule has 4 aliphatic carbocycles. The van der Waals surface area contributed by atoms with E-state index in [1.54, 1.807) is 6.08 Å². The van der Waals surface area contributed by atoms with E-state index < -0.39 is 11.4 Å². The molecule has 2 bridgehead atoms. The predicted molar refractivity (Wildman–Crippen MR) is 128 cm³/mol. The summed E-state index contributed by atoms with van der Waals surface area (Å²) >= 11 is 0. The zero-order valence-corrected chi connectivity index (χ0v) is 20.3. The monoisotopic (exact) mass is 450 g/mol. The van der Waals surface area contributed by atoms with Gasteiger partial charge in [-0.15, -0.1) is 0 Å². The second kappa shape index (κ2) is 7.99. The second-order valence-corrected chi connectivity index (χ2v) is 12.0. The van der Waals surface area contributed by atoms with Gasteiger partial charge in [0, 0.05) is 11.5 Å². The van der Waals surface area contributed by atoms with E-state index in [9.17, 15) is 14.7 Å². The number of carboxylic acids is 1. The molecular formula is C29H38O4. The highest BCUT2D eigenvalue weighted by molar-refractivity contribution is 5.87. The maximum absolute atomic E-state index is 12.9. The molecule has 4 nitrogen and oxygen atoms in total. The van der Waals surface area contributed by atoms with Gasteiger partial charge in [-0.1, -0.05) is 44.2 Å². The first kappa shape index (κ1) is 22.7. The van der Waals surface area contributed by atoms with Crippen LogP contribution >= 0.6 is 0 Å². The van der Waals surface area contributed by atoms with Crippen molar-refractivity contribution in [2.75, 3.05) is 0 Å². The Kier molecular flexibility index (Phi) is 5.49. The van der Waals surface area contributed by atoms with Crippen LogP contribution in [0.5, 0.6) is 0 Å². The Morgan fingerprint density at radius 1 is 1.00 bits per heavy atom. The lowest BCUT2D eigenvalue weighted by Crippen LogP contribution is -2.64. The van der Waals surface area contributed by atoms with E-state index in [0.717, 1.165) is 36.7 Å². The average Bonchev–Trinajstić information content (AvgIpc) is 3.02. The number of esters is 1. The minimum atomic E-state index is -0.750. The van der Waals surface area contributed by atoms with Crippen LogP contribution in [0.4, 0.5) is 0 Å². The minimum absolute atomic E-state index is 0.0373. The Morgan fingerprint density at radius 3 is 2.48 bits per heavy atom. The topological polar surface area (TPSA) is 63.6 Å². The highest BCUT2D eigenvalue weighted by Gasteiger charge is 2.68. The standard InChI is InChI=1S/C29H38O4/c1-19-17-29-16-13-22-27(2,26(31)32)15-14-24(28(22,3)23(29)11-10-21(19)18-29)33-25(30)12-9-20-7-5-4-6-8-20/h4-9,12,19,21-24H,10-11,13-18H2,1-3H3,(H,31,32)/b12-9+/t19-,21-,22+,23-,24-,27+,28+,29+/m0/s1. The number of ether oxygens (including phenoxy) is 1. The number of hydrogen-bond acceptors (Lipinski definition) is 3. The summed E-state index contributed by atoms with van der Waals surface area (Å²) in [5.41, 5.74) is 0.222. The minimum Gasteiger partial charge on any atom is -0.481 e. The molecule has 1 aromatic rings. The molecule has 1 aromatic carbocycles. The van der Waals surface area contributed by atoms with Gasteiger partial charge in [-0.05, 0) is 99.0 Å². The number of rotatable bonds is 4. The summed E-state index contributed by atoms with van der Waals surface area (Å²) in [7, 11) is 0. The molecule has 1 spiro atoms. The number of carbonyl (C=O) groups is 2. The first-order valence-corrected chi connectivity index (χ1v) is 12.9. The molecule has 5 rings (SSSR count). The third-order valence-electron chi connectivity index (χ3n) is 10.5. The fraction of sp³-hybridized carbons (Fsp3) is 0.655. The van der Waals surface area contributed by atoms with Crippen LogP contribution in [0.1, 0.15) is 77.7 Å². The Hall–Kier alpha value is -2.10. The summed E-state index contributed by atoms with van der Waals surface area (Å²) in [6.07, 6.45) is 11.3. The van der Waals surface area contributed by atoms with Gasteiger partial charge in [-0.2, -0.15) is 0 Å². The van der Waals surface area contributed by atoms with E-state index in [0.29, 0.717) is 24.2 Å². The van der Waals surface area contributed by atoms with Gasteiger partial charge in [0.05, 0.1) is 5.41 Å². The van der Waals surface area contributed by atoms with Crippen LogP contribution in [0, 0.1) is 39.9 Å². The molecule has 0 amide bonds. The second-order valence-electron chi connectivity index (χ2n) is 12.0. The lowest BCUT2D eigenvalue weighted by Gasteiger charge is -2.65. The molecule has 4 fully saturated rings. The molecule has 0 saturated heterocycles. The van der Waals surface area contributed by atoms with Crippen LogP contribution < -0.4 is 0 Å². The number of hydrogen-bond donors (Lipinski definition) is 1. The number of carboxylic acid groups (broad SMARTS) is 1. The lowest BCUT2D eigenvalue weighted by atomic mass is 9.40. The van der Waals surface area contributed by atoms with Crippen LogP contribution in [-0.4, -0.2) is 23.1 Å². The normalized spacial score (nSPS) is 44.2. The SMILES string of the molecule is C[C@H]1C[C@@]23CC[C@H]4[C@@](C)([C@@H](OC(=O)/C=C/c5ccccc5)CC[C@@]4(C)C(=O)O)[C@@H]2CC[C@H]1C3. The molecule has 33 heavy (non-hydrogen) atoms. The molecular weight excluding hydrogens is 412 g/mol. The number of fused-ring (bicyclic) bond motifs is 3. The number of benzene rings is 1. The molecule has 4 saturated carbocycles. The van der Waals surface area contributed by atoms with Crippen molar-refractivity contribution in [3.8, 4) is 0 Å². The zero-order chi connectivity index (χ0) is 23.4. The molecule has 8 atom stereocenters. The average molecular weight is 451 g/mol. The van der Waals surface area contributed by atoms with Crippen LogP contribution in [0.3, 0.4) is 0 Å². The molecule has 4 aliphatic rings. The summed E-state index contributed by atoms with van der Waals surface area (Å²) in [5.74, 6) is 1.04. The van der Waals surface area contributed by atoms with E-state index in [4.69, 9.17) is 4.74 Å². The van der Waals surface area contributed by atoms with Crippen molar-refractivity contribution < 1.29 is 19.4 Å². The van der Waals surface area contributed by atoms with Crippen LogP contribution in [0.15, 0.2) is 36.4 Å². The van der Waals surface area contributed by atoms with E-state index in [1.165, 1.54) is 25.3 Å². The number of carbonyl (C=O) groups excluding carboxylic acids is 1. The van der Waals surface area contributed by atoms with Gasteiger partial charge in [0.25, 0.3) is 0 Å². The largest absolute Gasteiger partial charge is 0.481 e. The molecule has 0 unspecified atom stereocenters. The van der Waals surface area contributed by atoms with Crippen LogP contribution in [0.25, 0.3) is 6.08 Å². The fourth-order valence-corrected chi connectivity index (χ4v) is 9.03. The number of aliphatic carboxylic acids is 1. The maximum Gasteiger partial charge on any atom is 0.331 e. The Bertz CT molecular complexity index is 950. The smallest absolute Gasteiger partial charge is 0.331 e. The molecule has 178 valence electrons. The molecule has 1 N–H and O–H groups in total. The molecule has 4 heteroatoms. The quantitative estimate of drug-likeness (QED) is 0.428. The van der Waals surface area contributed by atoms with E-state index in [-0.39, 0.29) is 23.4 Å². The summed E-state index contributed by atoms with van der Waals surface area (Å²) in [6.45, 7) is 6.64. The van der Waals surface area contributed by atoms with Crippen molar-refractivity contribution in [1.82, 2.24) is 0 Å². The van der Waals surface area contributed by atoms with Gasteiger partial charge in [0.1, 0.15) is 6.10 Å². The fourth-order valence-electron chi connectivity index (χ4n) is 9.03. The lowest BCUT2D eigenvalue weighted by molar-refractivity contribution is -0.220. The van der Waals surface area contributed by atoms with Gasteiger partial charge in [0.15, 0.2) is 0 Å². The van der Waals surface area contributed by atoms with Crippen LogP contribution in [0.2, 0.25) is 0 Å². The zero-order valence-electron chi connectivity index (χ0n) is 20.3. The van der Waals surface area contributed by atoms with Gasteiger partial charge in [-0.3, -0.25) is 4.79 Å². The highest BCUT2D eigenvalue weighted by atomic mass is 16.5. The van der Waals surface area contributed by atoms with Crippen molar-refractivity contribution >= 4 is 18.0 Å². The first-order chi connectivity index (χ1) is 15.7. The van der Waals surface area contributed by atoms with Gasteiger partial charge in [0.2, 0.25) is 0 Å². The van der Waals surface area contributed by atoms with Crippen molar-refractivity contribution in [2.45, 2.75) is 78.2 Å². The van der Waals surface area contributed by atoms with Crippen LogP contribution in [-0.2, 0) is 14.3 Å². The van der Waals surface area contributed by atoms with Gasteiger partial charge < -0.3 is 9.84 Å². The molecule has 0 heterocycles. The van der Waals surface area contributed by atoms with E-state index >= 15 is 0 Å². The molecule has 0 radical (unpaired) electrons. The molecule has 0 aliphatic heterocycles. The molecule has 0 aromatic heterocycles. The summed E-state index contributed by atoms with van der Waals surface area (Å²) < 4.78 is 6.22. The third kappa shape index (κ3) is 3.47. The summed E-state index contributed by atoms with van der Waals surface area (Å²) in [5, 5.41) is 10.3. The first-order valence-electron chi connectivity index (χ1n) is 12.9. The Balaban J connectivity index is 1.46.